The Balaban J connectivity index is 1.50. The molecule has 6 rings (SSSR count). The molecule has 1 unspecified atom stereocenters. The molecule has 3 heterocycles. The van der Waals surface area contributed by atoms with E-state index in [4.69, 9.17) is 13.9 Å². The van der Waals surface area contributed by atoms with Gasteiger partial charge >= 0.3 is 0 Å². The van der Waals surface area contributed by atoms with Gasteiger partial charge in [0.2, 0.25) is 5.76 Å². The van der Waals surface area contributed by atoms with Gasteiger partial charge in [0.15, 0.2) is 16.9 Å². The van der Waals surface area contributed by atoms with E-state index in [1.807, 2.05) is 68.4 Å². The van der Waals surface area contributed by atoms with Crippen LogP contribution in [0.25, 0.3) is 11.0 Å². The Kier molecular flexibility index (Phi) is 6.11. The molecule has 7 nitrogen and oxygen atoms in total. The Bertz CT molecular complexity index is 1780. The van der Waals surface area contributed by atoms with Gasteiger partial charge in [-0.1, -0.05) is 54.1 Å². The number of benzene rings is 3. The lowest BCUT2D eigenvalue weighted by Gasteiger charge is -2.25. The van der Waals surface area contributed by atoms with Gasteiger partial charge in [0, 0.05) is 5.69 Å². The first kappa shape index (κ1) is 24.4. The predicted octanol–water partition coefficient (Wildman–Crippen LogP) is 6.14. The monoisotopic (exact) mass is 518 g/mol. The van der Waals surface area contributed by atoms with E-state index >= 15 is 0 Å². The number of amides is 1. The zero-order valence-corrected chi connectivity index (χ0v) is 21.8. The first-order valence-corrected chi connectivity index (χ1v) is 12.6. The Hall–Kier alpha value is -4.91. The highest BCUT2D eigenvalue weighted by Gasteiger charge is 2.44. The number of carbonyl (C=O) groups is 1. The molecule has 0 bridgehead atoms. The first-order chi connectivity index (χ1) is 18.9. The molecular weight excluding hydrogens is 492 g/mol. The summed E-state index contributed by atoms with van der Waals surface area (Å²) in [7, 11) is 1.56. The van der Waals surface area contributed by atoms with Crippen molar-refractivity contribution < 1.29 is 18.7 Å². The highest BCUT2D eigenvalue weighted by atomic mass is 16.5. The molecule has 0 saturated heterocycles. The molecule has 7 heteroatoms. The van der Waals surface area contributed by atoms with E-state index in [1.54, 1.807) is 37.4 Å². The van der Waals surface area contributed by atoms with E-state index in [-0.39, 0.29) is 16.8 Å². The second-order valence-corrected chi connectivity index (χ2v) is 9.57. The molecule has 0 spiro atoms. The molecule has 3 aromatic carbocycles. The van der Waals surface area contributed by atoms with Crippen molar-refractivity contribution >= 4 is 22.7 Å². The van der Waals surface area contributed by atoms with Crippen LogP contribution >= 0.6 is 0 Å². The van der Waals surface area contributed by atoms with Crippen LogP contribution in [0.4, 0.5) is 5.82 Å². The van der Waals surface area contributed by atoms with Gasteiger partial charge in [-0.15, -0.1) is 0 Å². The Morgan fingerprint density at radius 1 is 0.897 bits per heavy atom. The predicted molar refractivity (Wildman–Crippen MR) is 149 cm³/mol. The van der Waals surface area contributed by atoms with E-state index in [0.717, 1.165) is 16.8 Å². The number of hydrogen-bond donors (Lipinski definition) is 0. The standard InChI is InChI=1S/C32H26N2O5/c1-19-12-14-24-23(16-19)30(35)28-29(34(32(36)31(28)39-24)27-11-7-8-20(2)33-27)22-13-15-25(26(17-22)37-3)38-18-21-9-5-4-6-10-21/h4-17,29H,18H2,1-3H3. The van der Waals surface area contributed by atoms with Crippen LogP contribution in [-0.4, -0.2) is 18.0 Å². The zero-order valence-electron chi connectivity index (χ0n) is 21.8. The Morgan fingerprint density at radius 2 is 1.72 bits per heavy atom. The summed E-state index contributed by atoms with van der Waals surface area (Å²) in [5.74, 6) is 1.07. The third-order valence-corrected chi connectivity index (χ3v) is 6.89. The summed E-state index contributed by atoms with van der Waals surface area (Å²) in [5.41, 5.74) is 3.78. The number of aromatic nitrogens is 1. The minimum atomic E-state index is -0.764. The van der Waals surface area contributed by atoms with Gasteiger partial charge in [0.05, 0.1) is 24.1 Å². The third-order valence-electron chi connectivity index (χ3n) is 6.89. The molecular formula is C32H26N2O5. The highest BCUT2D eigenvalue weighted by Crippen LogP contribution is 2.43. The van der Waals surface area contributed by atoms with Crippen molar-refractivity contribution in [3.63, 3.8) is 0 Å². The van der Waals surface area contributed by atoms with Gasteiger partial charge in [-0.2, -0.15) is 0 Å². The number of methoxy groups -OCH3 is 1. The molecule has 0 N–H and O–H groups in total. The third kappa shape index (κ3) is 4.32. The van der Waals surface area contributed by atoms with E-state index in [1.165, 1.54) is 4.90 Å². The molecule has 39 heavy (non-hydrogen) atoms. The maximum Gasteiger partial charge on any atom is 0.296 e. The number of hydrogen-bond acceptors (Lipinski definition) is 6. The number of pyridine rings is 1. The topological polar surface area (TPSA) is 81.9 Å². The van der Waals surface area contributed by atoms with Gasteiger partial charge in [0.25, 0.3) is 5.91 Å². The number of aryl methyl sites for hydroxylation is 2. The summed E-state index contributed by atoms with van der Waals surface area (Å²) in [4.78, 5) is 33.9. The normalized spacial score (nSPS) is 14.5. The van der Waals surface area contributed by atoms with E-state index < -0.39 is 11.9 Å². The number of nitrogens with zero attached hydrogens (tertiary/aromatic N) is 2. The average molecular weight is 519 g/mol. The lowest BCUT2D eigenvalue weighted by Crippen LogP contribution is -2.30. The second-order valence-electron chi connectivity index (χ2n) is 9.57. The minimum Gasteiger partial charge on any atom is -0.493 e. The van der Waals surface area contributed by atoms with Crippen LogP contribution < -0.4 is 19.8 Å². The van der Waals surface area contributed by atoms with Gasteiger partial charge in [-0.25, -0.2) is 4.98 Å². The van der Waals surface area contributed by atoms with Crippen LogP contribution in [0.2, 0.25) is 0 Å². The maximum absolute atomic E-state index is 13.9. The number of carbonyl (C=O) groups excluding carboxylic acids is 1. The van der Waals surface area contributed by atoms with Crippen LogP contribution in [0.5, 0.6) is 11.5 Å². The van der Waals surface area contributed by atoms with Crippen molar-refractivity contribution in [1.29, 1.82) is 0 Å². The fourth-order valence-corrected chi connectivity index (χ4v) is 5.01. The van der Waals surface area contributed by atoms with Gasteiger partial charge in [-0.05, 0) is 61.4 Å². The summed E-state index contributed by atoms with van der Waals surface area (Å²) >= 11 is 0. The van der Waals surface area contributed by atoms with E-state index in [2.05, 4.69) is 4.98 Å². The van der Waals surface area contributed by atoms with Crippen molar-refractivity contribution in [3.05, 3.63) is 129 Å². The Morgan fingerprint density at radius 3 is 2.49 bits per heavy atom. The second kappa shape index (κ2) is 9.76. The maximum atomic E-state index is 13.9. The zero-order chi connectivity index (χ0) is 27.1. The van der Waals surface area contributed by atoms with Crippen LogP contribution in [0.1, 0.15) is 44.5 Å². The summed E-state index contributed by atoms with van der Waals surface area (Å²) < 4.78 is 17.8. The summed E-state index contributed by atoms with van der Waals surface area (Å²) in [6.07, 6.45) is 0. The van der Waals surface area contributed by atoms with Crippen LogP contribution in [0, 0.1) is 13.8 Å². The SMILES string of the molecule is COc1cc(C2c3c(oc4ccc(C)cc4c3=O)C(=O)N2c2cccc(C)n2)ccc1OCc1ccccc1. The van der Waals surface area contributed by atoms with Crippen molar-refractivity contribution in [1.82, 2.24) is 4.98 Å². The minimum absolute atomic E-state index is 0.0213. The Labute approximate surface area is 225 Å². The van der Waals surface area contributed by atoms with Crippen molar-refractivity contribution in [2.75, 3.05) is 12.0 Å². The molecule has 1 aliphatic rings. The lowest BCUT2D eigenvalue weighted by atomic mass is 9.97. The van der Waals surface area contributed by atoms with Gasteiger partial charge in [0.1, 0.15) is 18.0 Å². The number of ether oxygens (including phenoxy) is 2. The molecule has 1 atom stereocenters. The molecule has 5 aromatic rings. The fraction of sp³-hybridized carbons (Fsp3) is 0.156. The first-order valence-electron chi connectivity index (χ1n) is 12.6. The molecule has 1 amide bonds. The van der Waals surface area contributed by atoms with Crippen LogP contribution in [0.15, 0.2) is 94.1 Å². The molecule has 194 valence electrons. The lowest BCUT2D eigenvalue weighted by molar-refractivity contribution is 0.0970. The number of fused-ring (bicyclic) bond motifs is 2. The summed E-state index contributed by atoms with van der Waals surface area (Å²) in [5, 5.41) is 0.431. The van der Waals surface area contributed by atoms with Crippen molar-refractivity contribution in [2.45, 2.75) is 26.5 Å². The summed E-state index contributed by atoms with van der Waals surface area (Å²) in [6, 6.07) is 25.3. The van der Waals surface area contributed by atoms with Gasteiger partial charge < -0.3 is 13.9 Å². The molecule has 0 radical (unpaired) electrons. The van der Waals surface area contributed by atoms with E-state index in [9.17, 15) is 9.59 Å². The molecule has 0 saturated carbocycles. The van der Waals surface area contributed by atoms with Crippen LogP contribution in [0.3, 0.4) is 0 Å². The number of rotatable bonds is 6. The van der Waals surface area contributed by atoms with Crippen molar-refractivity contribution in [2.24, 2.45) is 0 Å². The molecule has 1 aliphatic heterocycles. The summed E-state index contributed by atoms with van der Waals surface area (Å²) in [6.45, 7) is 4.14. The smallest absolute Gasteiger partial charge is 0.296 e. The number of anilines is 1. The highest BCUT2D eigenvalue weighted by molar-refractivity contribution is 6.10. The van der Waals surface area contributed by atoms with Crippen LogP contribution in [-0.2, 0) is 6.61 Å². The molecule has 0 aliphatic carbocycles. The molecule has 0 fully saturated rings. The fourth-order valence-electron chi connectivity index (χ4n) is 5.01. The van der Waals surface area contributed by atoms with Gasteiger partial charge in [-0.3, -0.25) is 14.5 Å². The quantitative estimate of drug-likeness (QED) is 0.269. The van der Waals surface area contributed by atoms with Crippen molar-refractivity contribution in [3.8, 4) is 11.5 Å². The van der Waals surface area contributed by atoms with E-state index in [0.29, 0.717) is 40.5 Å². The molecule has 2 aromatic heterocycles. The average Bonchev–Trinajstić information content (AvgIpc) is 3.25. The largest absolute Gasteiger partial charge is 0.493 e.